The van der Waals surface area contributed by atoms with Gasteiger partial charge in [0.15, 0.2) is 0 Å². The molecule has 0 aromatic carbocycles. The van der Waals surface area contributed by atoms with Crippen LogP contribution in [0.4, 0.5) is 13.2 Å². The smallest absolute Gasteiger partial charge is 0.314 e. The summed E-state index contributed by atoms with van der Waals surface area (Å²) in [5.41, 5.74) is 0. The highest BCUT2D eigenvalue weighted by Crippen LogP contribution is 2.26. The van der Waals surface area contributed by atoms with Crippen molar-refractivity contribution in [3.63, 3.8) is 0 Å². The molecule has 25 heavy (non-hydrogen) atoms. The number of rotatable bonds is 6. The van der Waals surface area contributed by atoms with Crippen LogP contribution in [0.15, 0.2) is 0 Å². The molecule has 1 aliphatic carbocycles. The van der Waals surface area contributed by atoms with E-state index < -0.39 is 29.0 Å². The highest BCUT2D eigenvalue weighted by molar-refractivity contribution is 7.87. The van der Waals surface area contributed by atoms with E-state index in [2.05, 4.69) is 10.0 Å². The molecule has 11 heteroatoms. The zero-order valence-electron chi connectivity index (χ0n) is 14.4. The molecule has 1 aliphatic heterocycles. The lowest BCUT2D eigenvalue weighted by atomic mass is 9.96. The zero-order chi connectivity index (χ0) is 17.8. The van der Waals surface area contributed by atoms with Gasteiger partial charge in [-0.1, -0.05) is 19.3 Å². The van der Waals surface area contributed by atoms with Gasteiger partial charge in [-0.05, 0) is 12.8 Å². The van der Waals surface area contributed by atoms with Crippen molar-refractivity contribution in [2.24, 2.45) is 0 Å². The third-order valence-electron chi connectivity index (χ3n) is 4.90. The van der Waals surface area contributed by atoms with Crippen LogP contribution in [0, 0.1) is 0 Å². The van der Waals surface area contributed by atoms with E-state index >= 15 is 0 Å². The lowest BCUT2D eigenvalue weighted by molar-refractivity contribution is -0.182. The van der Waals surface area contributed by atoms with Gasteiger partial charge in [0, 0.05) is 45.8 Å². The molecular weight excluding hydrogens is 381 g/mol. The van der Waals surface area contributed by atoms with Gasteiger partial charge in [-0.15, -0.1) is 12.4 Å². The summed E-state index contributed by atoms with van der Waals surface area (Å²) in [4.78, 5) is 1.29. The maximum absolute atomic E-state index is 13.3. The van der Waals surface area contributed by atoms with Crippen molar-refractivity contribution >= 4 is 22.6 Å². The van der Waals surface area contributed by atoms with Crippen LogP contribution in [0.3, 0.4) is 0 Å². The highest BCUT2D eigenvalue weighted by atomic mass is 35.5. The molecule has 0 amide bonds. The van der Waals surface area contributed by atoms with Crippen LogP contribution >= 0.6 is 12.4 Å². The van der Waals surface area contributed by atoms with E-state index in [1.54, 1.807) is 0 Å². The Balaban J connectivity index is 0.00000312. The normalized spacial score (nSPS) is 22.6. The monoisotopic (exact) mass is 408 g/mol. The molecular formula is C14H28ClF3N4O2S. The standard InChI is InChI=1S/C14H27F3N4O2S.ClH/c1-20(12-5-3-2-4-6-12)24(22,23)19-11-13(14(15,16)17)21-9-7-18-8-10-21;/h12-13,18-19H,2-11H2,1H3;1H. The second-order valence-corrected chi connectivity index (χ2v) is 8.32. The Morgan fingerprint density at radius 1 is 1.20 bits per heavy atom. The Morgan fingerprint density at radius 2 is 1.76 bits per heavy atom. The number of alkyl halides is 3. The number of hydrogen-bond acceptors (Lipinski definition) is 4. The van der Waals surface area contributed by atoms with Gasteiger partial charge in [0.25, 0.3) is 10.2 Å². The Morgan fingerprint density at radius 3 is 2.28 bits per heavy atom. The van der Waals surface area contributed by atoms with Crippen LogP contribution in [0.2, 0.25) is 0 Å². The first-order valence-electron chi connectivity index (χ1n) is 8.46. The van der Waals surface area contributed by atoms with Crippen LogP contribution < -0.4 is 10.0 Å². The van der Waals surface area contributed by atoms with Crippen LogP contribution in [-0.2, 0) is 10.2 Å². The number of nitrogens with one attached hydrogen (secondary N) is 2. The van der Waals surface area contributed by atoms with Crippen LogP contribution in [-0.4, -0.2) is 75.7 Å². The van der Waals surface area contributed by atoms with Crippen molar-refractivity contribution in [3.05, 3.63) is 0 Å². The molecule has 0 aromatic rings. The second kappa shape index (κ2) is 9.70. The number of nitrogens with zero attached hydrogens (tertiary/aromatic N) is 2. The first kappa shape index (κ1) is 22.9. The van der Waals surface area contributed by atoms with Gasteiger partial charge in [0.05, 0.1) is 0 Å². The quantitative estimate of drug-likeness (QED) is 0.696. The summed E-state index contributed by atoms with van der Waals surface area (Å²) in [5, 5.41) is 3.00. The number of piperazine rings is 1. The Bertz CT molecular complexity index is 495. The molecule has 1 saturated heterocycles. The molecule has 2 N–H and O–H groups in total. The molecule has 6 nitrogen and oxygen atoms in total. The van der Waals surface area contributed by atoms with Gasteiger partial charge in [-0.3, -0.25) is 4.90 Å². The Hall–Kier alpha value is -0.130. The van der Waals surface area contributed by atoms with Gasteiger partial charge < -0.3 is 5.32 Å². The predicted octanol–water partition coefficient (Wildman–Crippen LogP) is 1.34. The summed E-state index contributed by atoms with van der Waals surface area (Å²) in [6.45, 7) is 0.806. The summed E-state index contributed by atoms with van der Waals surface area (Å²) in [6, 6.07) is -1.92. The van der Waals surface area contributed by atoms with Crippen LogP contribution in [0.1, 0.15) is 32.1 Å². The molecule has 150 valence electrons. The molecule has 1 unspecified atom stereocenters. The fourth-order valence-corrected chi connectivity index (χ4v) is 4.55. The molecule has 1 saturated carbocycles. The third kappa shape index (κ3) is 6.51. The van der Waals surface area contributed by atoms with Crippen molar-refractivity contribution in [3.8, 4) is 0 Å². The second-order valence-electron chi connectivity index (χ2n) is 6.50. The molecule has 0 aromatic heterocycles. The van der Waals surface area contributed by atoms with Crippen LogP contribution in [0.25, 0.3) is 0 Å². The Kier molecular flexibility index (Phi) is 8.89. The number of hydrogen-bond donors (Lipinski definition) is 2. The average Bonchev–Trinajstić information content (AvgIpc) is 2.54. The first-order valence-corrected chi connectivity index (χ1v) is 9.90. The largest absolute Gasteiger partial charge is 0.405 e. The molecule has 2 aliphatic rings. The van der Waals surface area contributed by atoms with Gasteiger partial charge >= 0.3 is 6.18 Å². The lowest BCUT2D eigenvalue weighted by Crippen LogP contribution is -2.58. The van der Waals surface area contributed by atoms with Gasteiger partial charge in [-0.25, -0.2) is 4.72 Å². The first-order chi connectivity index (χ1) is 11.2. The average molecular weight is 409 g/mol. The van der Waals surface area contributed by atoms with Crippen molar-refractivity contribution in [1.82, 2.24) is 19.2 Å². The van der Waals surface area contributed by atoms with E-state index in [1.165, 1.54) is 16.3 Å². The van der Waals surface area contributed by atoms with Crippen molar-refractivity contribution in [2.75, 3.05) is 39.8 Å². The minimum atomic E-state index is -4.47. The summed E-state index contributed by atoms with van der Waals surface area (Å²) < 4.78 is 68.1. The molecule has 1 heterocycles. The van der Waals surface area contributed by atoms with Crippen molar-refractivity contribution < 1.29 is 21.6 Å². The molecule has 2 rings (SSSR count). The molecule has 0 bridgehead atoms. The van der Waals surface area contributed by atoms with E-state index in [4.69, 9.17) is 0 Å². The summed E-state index contributed by atoms with van der Waals surface area (Å²) in [7, 11) is -2.46. The van der Waals surface area contributed by atoms with Gasteiger partial charge in [0.1, 0.15) is 6.04 Å². The fraction of sp³-hybridized carbons (Fsp3) is 1.00. The molecule has 0 radical (unpaired) electrons. The van der Waals surface area contributed by atoms with Crippen molar-refractivity contribution in [2.45, 2.75) is 50.4 Å². The number of halogens is 4. The molecule has 1 atom stereocenters. The van der Waals surface area contributed by atoms with E-state index in [0.717, 1.165) is 32.1 Å². The highest BCUT2D eigenvalue weighted by Gasteiger charge is 2.44. The van der Waals surface area contributed by atoms with Crippen molar-refractivity contribution in [1.29, 1.82) is 0 Å². The topological polar surface area (TPSA) is 64.7 Å². The molecule has 0 spiro atoms. The maximum atomic E-state index is 13.3. The van der Waals surface area contributed by atoms with Crippen LogP contribution in [0.5, 0.6) is 0 Å². The summed E-state index contributed by atoms with van der Waals surface area (Å²) in [5.74, 6) is 0. The molecule has 2 fully saturated rings. The van der Waals surface area contributed by atoms with Gasteiger partial charge in [0.2, 0.25) is 0 Å². The predicted molar refractivity (Wildman–Crippen MR) is 93.1 cm³/mol. The van der Waals surface area contributed by atoms with E-state index in [0.29, 0.717) is 13.1 Å². The SMILES string of the molecule is CN(C1CCCCC1)S(=O)(=O)NCC(N1CCNCC1)C(F)(F)F.Cl. The minimum absolute atomic E-state index is 0. The van der Waals surface area contributed by atoms with E-state index in [9.17, 15) is 21.6 Å². The Labute approximate surface area is 154 Å². The zero-order valence-corrected chi connectivity index (χ0v) is 16.0. The lowest BCUT2D eigenvalue weighted by Gasteiger charge is -2.36. The summed E-state index contributed by atoms with van der Waals surface area (Å²) >= 11 is 0. The van der Waals surface area contributed by atoms with E-state index in [-0.39, 0.29) is 31.5 Å². The van der Waals surface area contributed by atoms with Gasteiger partial charge in [-0.2, -0.15) is 25.9 Å². The summed E-state index contributed by atoms with van der Waals surface area (Å²) in [6.07, 6.45) is 0.0446. The van der Waals surface area contributed by atoms with E-state index in [1.807, 2.05) is 0 Å². The minimum Gasteiger partial charge on any atom is -0.314 e. The fourth-order valence-electron chi connectivity index (χ4n) is 3.37. The maximum Gasteiger partial charge on any atom is 0.405 e. The third-order valence-corrected chi connectivity index (χ3v) is 6.49.